The van der Waals surface area contributed by atoms with Crippen LogP contribution in [-0.2, 0) is 0 Å². The van der Waals surface area contributed by atoms with Crippen LogP contribution in [0.5, 0.6) is 0 Å². The van der Waals surface area contributed by atoms with Crippen molar-refractivity contribution < 1.29 is 0 Å². The molecule has 0 bridgehead atoms. The van der Waals surface area contributed by atoms with Crippen LogP contribution < -0.4 is 5.32 Å². The molecule has 104 valence electrons. The van der Waals surface area contributed by atoms with Crippen molar-refractivity contribution >= 4 is 21.6 Å². The maximum atomic E-state index is 3.92. The molecular formula is C17H24BrN. The fourth-order valence-electron chi connectivity index (χ4n) is 4.00. The molecule has 0 saturated heterocycles. The smallest absolute Gasteiger partial charge is 0.0380 e. The van der Waals surface area contributed by atoms with E-state index in [4.69, 9.17) is 0 Å². The van der Waals surface area contributed by atoms with Crippen molar-refractivity contribution in [1.82, 2.24) is 0 Å². The predicted octanol–water partition coefficient (Wildman–Crippen LogP) is 5.85. The molecule has 2 heteroatoms. The van der Waals surface area contributed by atoms with Crippen molar-refractivity contribution in [2.45, 2.75) is 69.7 Å². The number of rotatable bonds is 0. The first kappa shape index (κ1) is 13.5. The molecular weight excluding hydrogens is 298 g/mol. The first-order valence-electron chi connectivity index (χ1n) is 7.76. The number of anilines is 1. The van der Waals surface area contributed by atoms with E-state index in [-0.39, 0.29) is 0 Å². The Morgan fingerprint density at radius 3 is 2.53 bits per heavy atom. The number of nitrogens with one attached hydrogen (secondary N) is 1. The lowest BCUT2D eigenvalue weighted by Crippen LogP contribution is -2.43. The summed E-state index contributed by atoms with van der Waals surface area (Å²) in [4.78, 5) is 0. The van der Waals surface area contributed by atoms with Crippen molar-refractivity contribution in [2.24, 2.45) is 0 Å². The number of hydrogen-bond donors (Lipinski definition) is 1. The molecule has 0 aromatic heterocycles. The molecule has 1 aromatic rings. The van der Waals surface area contributed by atoms with Crippen LogP contribution in [-0.4, -0.2) is 5.54 Å². The van der Waals surface area contributed by atoms with Crippen LogP contribution in [0.3, 0.4) is 0 Å². The Hall–Kier alpha value is -0.500. The van der Waals surface area contributed by atoms with E-state index in [0.29, 0.717) is 11.5 Å². The number of hydrogen-bond acceptors (Lipinski definition) is 1. The molecule has 1 heterocycles. The fraction of sp³-hybridized carbons (Fsp3) is 0.647. The van der Waals surface area contributed by atoms with Crippen LogP contribution in [0, 0.1) is 0 Å². The molecule has 1 nitrogen and oxygen atoms in total. The zero-order valence-corrected chi connectivity index (χ0v) is 13.4. The monoisotopic (exact) mass is 321 g/mol. The molecule has 1 aliphatic heterocycles. The minimum absolute atomic E-state index is 0.376. The zero-order chi connectivity index (χ0) is 13.3. The average Bonchev–Trinajstić information content (AvgIpc) is 2.36. The molecule has 1 atom stereocenters. The molecule has 1 aliphatic carbocycles. The summed E-state index contributed by atoms with van der Waals surface area (Å²) < 4.78 is 1.20. The largest absolute Gasteiger partial charge is 0.379 e. The van der Waals surface area contributed by atoms with Gasteiger partial charge in [-0.05, 0) is 48.9 Å². The minimum atomic E-state index is 0.376. The topological polar surface area (TPSA) is 12.0 Å². The van der Waals surface area contributed by atoms with E-state index in [9.17, 15) is 0 Å². The fourth-order valence-corrected chi connectivity index (χ4v) is 4.38. The van der Waals surface area contributed by atoms with Gasteiger partial charge in [0.1, 0.15) is 0 Å². The van der Waals surface area contributed by atoms with Gasteiger partial charge in [0, 0.05) is 15.7 Å². The van der Waals surface area contributed by atoms with Crippen molar-refractivity contribution in [3.8, 4) is 0 Å². The highest BCUT2D eigenvalue weighted by Gasteiger charge is 2.36. The summed E-state index contributed by atoms with van der Waals surface area (Å²) in [5.41, 5.74) is 3.24. The lowest BCUT2D eigenvalue weighted by molar-refractivity contribution is 0.300. The lowest BCUT2D eigenvalue weighted by atomic mass is 9.73. The summed E-state index contributed by atoms with van der Waals surface area (Å²) in [5, 5.41) is 3.92. The Morgan fingerprint density at radius 1 is 1.11 bits per heavy atom. The van der Waals surface area contributed by atoms with Crippen molar-refractivity contribution in [3.05, 3.63) is 28.2 Å². The van der Waals surface area contributed by atoms with Gasteiger partial charge in [-0.25, -0.2) is 0 Å². The third kappa shape index (κ3) is 2.84. The molecule has 1 fully saturated rings. The molecule has 1 N–H and O–H groups in total. The quantitative estimate of drug-likeness (QED) is 0.631. The molecule has 1 spiro atoms. The number of halogens is 1. The van der Waals surface area contributed by atoms with Gasteiger partial charge in [-0.15, -0.1) is 0 Å². The van der Waals surface area contributed by atoms with E-state index in [0.717, 1.165) is 0 Å². The number of fused-ring (bicyclic) bond motifs is 1. The van der Waals surface area contributed by atoms with Gasteiger partial charge >= 0.3 is 0 Å². The van der Waals surface area contributed by atoms with Gasteiger partial charge in [0.15, 0.2) is 0 Å². The molecule has 3 rings (SSSR count). The Morgan fingerprint density at radius 2 is 1.79 bits per heavy atom. The highest BCUT2D eigenvalue weighted by Crippen LogP contribution is 2.44. The van der Waals surface area contributed by atoms with Gasteiger partial charge in [0.05, 0.1) is 0 Å². The standard InChI is InChI=1S/C17H24BrN/c1-13-12-17(9-5-3-2-4-6-10-17)19-16-8-7-14(18)11-15(13)16/h7-8,11,13,19H,2-6,9-10,12H2,1H3. The van der Waals surface area contributed by atoms with Crippen molar-refractivity contribution in [1.29, 1.82) is 0 Å². The second-order valence-electron chi connectivity index (χ2n) is 6.51. The summed E-state index contributed by atoms with van der Waals surface area (Å²) in [6.07, 6.45) is 11.1. The van der Waals surface area contributed by atoms with E-state index >= 15 is 0 Å². The van der Waals surface area contributed by atoms with Crippen LogP contribution in [0.4, 0.5) is 5.69 Å². The maximum absolute atomic E-state index is 3.92. The molecule has 1 unspecified atom stereocenters. The summed E-state index contributed by atoms with van der Waals surface area (Å²) in [6, 6.07) is 6.72. The average molecular weight is 322 g/mol. The first-order chi connectivity index (χ1) is 9.19. The van der Waals surface area contributed by atoms with Crippen LogP contribution in [0.2, 0.25) is 0 Å². The summed E-state index contributed by atoms with van der Waals surface area (Å²) in [5.74, 6) is 0.674. The second-order valence-corrected chi connectivity index (χ2v) is 7.43. The normalized spacial score (nSPS) is 26.1. The van der Waals surface area contributed by atoms with Gasteiger partial charge in [-0.3, -0.25) is 0 Å². The maximum Gasteiger partial charge on any atom is 0.0380 e. The second kappa shape index (κ2) is 5.47. The minimum Gasteiger partial charge on any atom is -0.379 e. The van der Waals surface area contributed by atoms with E-state index in [2.05, 4.69) is 46.4 Å². The van der Waals surface area contributed by atoms with Gasteiger partial charge < -0.3 is 5.32 Å². The van der Waals surface area contributed by atoms with E-state index in [1.165, 1.54) is 67.1 Å². The first-order valence-corrected chi connectivity index (χ1v) is 8.55. The third-order valence-electron chi connectivity index (χ3n) is 4.95. The molecule has 0 radical (unpaired) electrons. The molecule has 19 heavy (non-hydrogen) atoms. The van der Waals surface area contributed by atoms with Gasteiger partial charge in [-0.2, -0.15) is 0 Å². The molecule has 1 saturated carbocycles. The Balaban J connectivity index is 1.88. The lowest BCUT2D eigenvalue weighted by Gasteiger charge is -2.44. The van der Waals surface area contributed by atoms with Crippen molar-refractivity contribution in [2.75, 3.05) is 5.32 Å². The highest BCUT2D eigenvalue weighted by molar-refractivity contribution is 9.10. The molecule has 1 aromatic carbocycles. The predicted molar refractivity (Wildman–Crippen MR) is 85.8 cm³/mol. The van der Waals surface area contributed by atoms with E-state index in [1.807, 2.05) is 0 Å². The van der Waals surface area contributed by atoms with Crippen LogP contribution >= 0.6 is 15.9 Å². The summed E-state index contributed by atoms with van der Waals surface area (Å²) in [7, 11) is 0. The van der Waals surface area contributed by atoms with Gasteiger partial charge in [0.25, 0.3) is 0 Å². The summed E-state index contributed by atoms with van der Waals surface area (Å²) in [6.45, 7) is 2.40. The van der Waals surface area contributed by atoms with Crippen LogP contribution in [0.25, 0.3) is 0 Å². The molecule has 0 amide bonds. The van der Waals surface area contributed by atoms with Crippen LogP contribution in [0.1, 0.15) is 69.8 Å². The molecule has 2 aliphatic rings. The Bertz CT molecular complexity index is 447. The Kier molecular flexibility index (Phi) is 3.88. The van der Waals surface area contributed by atoms with E-state index in [1.54, 1.807) is 0 Å². The zero-order valence-electron chi connectivity index (χ0n) is 11.8. The number of benzene rings is 1. The third-order valence-corrected chi connectivity index (χ3v) is 5.45. The summed E-state index contributed by atoms with van der Waals surface area (Å²) >= 11 is 3.60. The van der Waals surface area contributed by atoms with Crippen LogP contribution in [0.15, 0.2) is 22.7 Å². The van der Waals surface area contributed by atoms with Crippen molar-refractivity contribution in [3.63, 3.8) is 0 Å². The van der Waals surface area contributed by atoms with Gasteiger partial charge in [-0.1, -0.05) is 55.0 Å². The SMILES string of the molecule is CC1CC2(CCCCCCC2)Nc2ccc(Br)cc21. The highest BCUT2D eigenvalue weighted by atomic mass is 79.9. The Labute approximate surface area is 125 Å². The van der Waals surface area contributed by atoms with E-state index < -0.39 is 0 Å². The van der Waals surface area contributed by atoms with Gasteiger partial charge in [0.2, 0.25) is 0 Å².